The molecular weight excluding hydrogens is 333 g/mol. The van der Waals surface area contributed by atoms with Crippen molar-refractivity contribution in [3.63, 3.8) is 0 Å². The van der Waals surface area contributed by atoms with Crippen LogP contribution in [-0.4, -0.2) is 37.7 Å². The molecular formula is C15H22Cl3NO2. The highest BCUT2D eigenvalue weighted by Crippen LogP contribution is 2.38. The third-order valence-electron chi connectivity index (χ3n) is 3.79. The molecule has 0 saturated carbocycles. The first-order chi connectivity index (χ1) is 9.65. The summed E-state index contributed by atoms with van der Waals surface area (Å²) in [6.45, 7) is 5.16. The van der Waals surface area contributed by atoms with E-state index in [1.54, 1.807) is 19.2 Å². The highest BCUT2D eigenvalue weighted by Gasteiger charge is 2.22. The van der Waals surface area contributed by atoms with Gasteiger partial charge in [0, 0.05) is 17.1 Å². The van der Waals surface area contributed by atoms with Crippen molar-refractivity contribution in [2.75, 3.05) is 26.8 Å². The average molecular weight is 355 g/mol. The summed E-state index contributed by atoms with van der Waals surface area (Å²) in [6.07, 6.45) is 3.55. The first-order valence-corrected chi connectivity index (χ1v) is 7.81. The summed E-state index contributed by atoms with van der Waals surface area (Å²) in [7, 11) is 1.58. The summed E-state index contributed by atoms with van der Waals surface area (Å²) >= 11 is 12.1. The minimum Gasteiger partial charge on any atom is -0.491 e. The summed E-state index contributed by atoms with van der Waals surface area (Å²) in [5.41, 5.74) is 0. The lowest BCUT2D eigenvalue weighted by atomic mass is 10.1. The Bertz CT molecular complexity index is 457. The van der Waals surface area contributed by atoms with Crippen molar-refractivity contribution in [1.82, 2.24) is 4.90 Å². The Kier molecular flexibility index (Phi) is 7.96. The molecule has 6 heteroatoms. The van der Waals surface area contributed by atoms with Crippen LogP contribution in [0.3, 0.4) is 0 Å². The number of benzene rings is 1. The Labute approximate surface area is 142 Å². The predicted octanol–water partition coefficient (Wildman–Crippen LogP) is 4.68. The fourth-order valence-electron chi connectivity index (χ4n) is 2.79. The van der Waals surface area contributed by atoms with Gasteiger partial charge in [-0.1, -0.05) is 30.1 Å². The van der Waals surface area contributed by atoms with E-state index in [0.29, 0.717) is 34.2 Å². The molecule has 2 rings (SSSR count). The number of rotatable bonds is 6. The van der Waals surface area contributed by atoms with E-state index in [9.17, 15) is 0 Å². The van der Waals surface area contributed by atoms with E-state index >= 15 is 0 Å². The Morgan fingerprint density at radius 2 is 2.10 bits per heavy atom. The minimum atomic E-state index is 0. The lowest BCUT2D eigenvalue weighted by Crippen LogP contribution is -2.30. The van der Waals surface area contributed by atoms with Crippen molar-refractivity contribution >= 4 is 35.6 Å². The van der Waals surface area contributed by atoms with Gasteiger partial charge in [-0.15, -0.1) is 12.4 Å². The second-order valence-corrected chi connectivity index (χ2v) is 5.82. The Morgan fingerprint density at radius 3 is 2.76 bits per heavy atom. The van der Waals surface area contributed by atoms with E-state index < -0.39 is 0 Å². The monoisotopic (exact) mass is 353 g/mol. The first kappa shape index (κ1) is 18.7. The van der Waals surface area contributed by atoms with Crippen LogP contribution < -0.4 is 9.47 Å². The normalized spacial score (nSPS) is 18.4. The summed E-state index contributed by atoms with van der Waals surface area (Å²) in [5.74, 6) is 1.17. The number of hydrogen-bond acceptors (Lipinski definition) is 3. The molecule has 1 atom stereocenters. The third-order valence-corrected chi connectivity index (χ3v) is 4.29. The fourth-order valence-corrected chi connectivity index (χ4v) is 3.34. The molecule has 1 aromatic carbocycles. The molecule has 0 N–H and O–H groups in total. The maximum atomic E-state index is 6.09. The molecule has 1 aromatic rings. The Morgan fingerprint density at radius 1 is 1.33 bits per heavy atom. The van der Waals surface area contributed by atoms with Crippen molar-refractivity contribution in [3.8, 4) is 11.5 Å². The molecule has 1 unspecified atom stereocenters. The zero-order chi connectivity index (χ0) is 14.5. The maximum Gasteiger partial charge on any atom is 0.179 e. The molecule has 120 valence electrons. The molecule has 0 amide bonds. The van der Waals surface area contributed by atoms with Crippen LogP contribution in [0.15, 0.2) is 12.1 Å². The minimum absolute atomic E-state index is 0. The maximum absolute atomic E-state index is 6.09. The lowest BCUT2D eigenvalue weighted by Gasteiger charge is -2.22. The molecule has 1 saturated heterocycles. The number of halogens is 3. The smallest absolute Gasteiger partial charge is 0.179 e. The van der Waals surface area contributed by atoms with Crippen molar-refractivity contribution in [1.29, 1.82) is 0 Å². The van der Waals surface area contributed by atoms with Crippen LogP contribution >= 0.6 is 35.6 Å². The van der Waals surface area contributed by atoms with Crippen molar-refractivity contribution in [2.45, 2.75) is 32.2 Å². The van der Waals surface area contributed by atoms with Crippen LogP contribution in [-0.2, 0) is 0 Å². The molecule has 0 radical (unpaired) electrons. The van der Waals surface area contributed by atoms with E-state index in [4.69, 9.17) is 32.7 Å². The molecule has 0 spiro atoms. The average Bonchev–Trinajstić information content (AvgIpc) is 2.86. The second kappa shape index (κ2) is 8.94. The topological polar surface area (TPSA) is 21.7 Å². The van der Waals surface area contributed by atoms with Crippen LogP contribution in [0.4, 0.5) is 0 Å². The Balaban J connectivity index is 0.00000220. The van der Waals surface area contributed by atoms with Gasteiger partial charge in [0.05, 0.1) is 18.7 Å². The molecule has 0 aliphatic carbocycles. The van der Waals surface area contributed by atoms with Crippen LogP contribution in [0.5, 0.6) is 11.5 Å². The Hall–Kier alpha value is -0.350. The lowest BCUT2D eigenvalue weighted by molar-refractivity contribution is 0.208. The SMILES string of the molecule is CCN1CCCC1CCOc1cc(Cl)cc(Cl)c1OC.Cl. The van der Waals surface area contributed by atoms with Crippen LogP contribution in [0.1, 0.15) is 26.2 Å². The van der Waals surface area contributed by atoms with Gasteiger partial charge >= 0.3 is 0 Å². The summed E-state index contributed by atoms with van der Waals surface area (Å²) in [5, 5.41) is 1.04. The van der Waals surface area contributed by atoms with Gasteiger partial charge in [0.25, 0.3) is 0 Å². The molecule has 1 aliphatic rings. The molecule has 0 bridgehead atoms. The number of likely N-dealkylation sites (tertiary alicyclic amines) is 1. The number of methoxy groups -OCH3 is 1. The van der Waals surface area contributed by atoms with E-state index in [2.05, 4.69) is 11.8 Å². The third kappa shape index (κ3) is 4.82. The zero-order valence-electron chi connectivity index (χ0n) is 12.4. The molecule has 3 nitrogen and oxygen atoms in total. The van der Waals surface area contributed by atoms with Crippen LogP contribution in [0.2, 0.25) is 10.0 Å². The fraction of sp³-hybridized carbons (Fsp3) is 0.600. The van der Waals surface area contributed by atoms with Gasteiger partial charge in [-0.3, -0.25) is 0 Å². The summed E-state index contributed by atoms with van der Waals surface area (Å²) in [6, 6.07) is 4.03. The van der Waals surface area contributed by atoms with Gasteiger partial charge < -0.3 is 14.4 Å². The quantitative estimate of drug-likeness (QED) is 0.740. The first-order valence-electron chi connectivity index (χ1n) is 7.05. The van der Waals surface area contributed by atoms with Gasteiger partial charge in [-0.2, -0.15) is 0 Å². The molecule has 21 heavy (non-hydrogen) atoms. The van der Waals surface area contributed by atoms with Crippen molar-refractivity contribution in [2.24, 2.45) is 0 Å². The van der Waals surface area contributed by atoms with E-state index in [1.807, 2.05) is 0 Å². The highest BCUT2D eigenvalue weighted by atomic mass is 35.5. The number of ether oxygens (including phenoxy) is 2. The standard InChI is InChI=1S/C15H21Cl2NO2.ClH/c1-3-18-7-4-5-12(18)6-8-20-14-10-11(16)9-13(17)15(14)19-2;/h9-10,12H,3-8H2,1-2H3;1H. The van der Waals surface area contributed by atoms with E-state index in [0.717, 1.165) is 13.0 Å². The number of nitrogens with zero attached hydrogens (tertiary/aromatic N) is 1. The van der Waals surface area contributed by atoms with E-state index in [-0.39, 0.29) is 12.4 Å². The van der Waals surface area contributed by atoms with Gasteiger partial charge in [0.1, 0.15) is 0 Å². The zero-order valence-corrected chi connectivity index (χ0v) is 14.7. The highest BCUT2D eigenvalue weighted by molar-refractivity contribution is 6.35. The summed E-state index contributed by atoms with van der Waals surface area (Å²) in [4.78, 5) is 2.51. The second-order valence-electron chi connectivity index (χ2n) is 4.98. The largest absolute Gasteiger partial charge is 0.491 e. The molecule has 0 aromatic heterocycles. The molecule has 1 heterocycles. The van der Waals surface area contributed by atoms with E-state index in [1.165, 1.54) is 19.4 Å². The summed E-state index contributed by atoms with van der Waals surface area (Å²) < 4.78 is 11.1. The van der Waals surface area contributed by atoms with Gasteiger partial charge in [-0.25, -0.2) is 0 Å². The molecule has 1 aliphatic heterocycles. The van der Waals surface area contributed by atoms with Gasteiger partial charge in [0.2, 0.25) is 0 Å². The van der Waals surface area contributed by atoms with Crippen molar-refractivity contribution in [3.05, 3.63) is 22.2 Å². The van der Waals surface area contributed by atoms with Crippen LogP contribution in [0, 0.1) is 0 Å². The predicted molar refractivity (Wildman–Crippen MR) is 90.6 cm³/mol. The van der Waals surface area contributed by atoms with Gasteiger partial charge in [-0.05, 0) is 38.4 Å². The number of hydrogen-bond donors (Lipinski definition) is 0. The molecule has 1 fully saturated rings. The van der Waals surface area contributed by atoms with Gasteiger partial charge in [0.15, 0.2) is 11.5 Å². The van der Waals surface area contributed by atoms with Crippen LogP contribution in [0.25, 0.3) is 0 Å². The van der Waals surface area contributed by atoms with Crippen molar-refractivity contribution < 1.29 is 9.47 Å².